The summed E-state index contributed by atoms with van der Waals surface area (Å²) in [5, 5.41) is 11.5. The van der Waals surface area contributed by atoms with Crippen molar-refractivity contribution in [1.82, 2.24) is 0 Å². The van der Waals surface area contributed by atoms with E-state index in [0.717, 1.165) is 11.1 Å². The molecule has 2 aromatic rings. The number of nitrogens with zero attached hydrogens (tertiary/aromatic N) is 1. The highest BCUT2D eigenvalue weighted by Gasteiger charge is 2.18. The van der Waals surface area contributed by atoms with E-state index in [9.17, 15) is 9.59 Å². The van der Waals surface area contributed by atoms with Crippen molar-refractivity contribution in [3.8, 4) is 11.8 Å². The highest BCUT2D eigenvalue weighted by Crippen LogP contribution is 2.16. The summed E-state index contributed by atoms with van der Waals surface area (Å²) in [6, 6.07) is 14.0. The first-order valence-corrected chi connectivity index (χ1v) is 8.09. The number of ether oxygens (including phenoxy) is 2. The quantitative estimate of drug-likeness (QED) is 0.807. The fourth-order valence-electron chi connectivity index (χ4n) is 2.25. The molecule has 0 radical (unpaired) electrons. The highest BCUT2D eigenvalue weighted by atomic mass is 16.6. The highest BCUT2D eigenvalue weighted by molar-refractivity contribution is 5.93. The third-order valence-electron chi connectivity index (χ3n) is 3.63. The summed E-state index contributed by atoms with van der Waals surface area (Å²) in [5.41, 5.74) is 3.21. The maximum Gasteiger partial charge on any atom is 0.347 e. The van der Waals surface area contributed by atoms with Crippen LogP contribution in [-0.4, -0.2) is 24.6 Å². The van der Waals surface area contributed by atoms with Gasteiger partial charge in [-0.05, 0) is 56.7 Å². The van der Waals surface area contributed by atoms with Crippen LogP contribution in [0, 0.1) is 25.2 Å². The van der Waals surface area contributed by atoms with E-state index in [1.807, 2.05) is 32.0 Å². The minimum atomic E-state index is -0.878. The van der Waals surface area contributed by atoms with Gasteiger partial charge in [0, 0.05) is 5.69 Å². The Kier molecular flexibility index (Phi) is 6.34. The lowest BCUT2D eigenvalue weighted by Gasteiger charge is -2.14. The van der Waals surface area contributed by atoms with E-state index in [4.69, 9.17) is 14.7 Å². The molecule has 134 valence electrons. The number of carbonyl (C=O) groups is 2. The van der Waals surface area contributed by atoms with Crippen LogP contribution in [0.3, 0.4) is 0 Å². The zero-order valence-corrected chi connectivity index (χ0v) is 14.9. The van der Waals surface area contributed by atoms with Crippen LogP contribution < -0.4 is 10.1 Å². The molecule has 0 heterocycles. The Morgan fingerprint density at radius 2 is 1.85 bits per heavy atom. The van der Waals surface area contributed by atoms with E-state index < -0.39 is 24.6 Å². The van der Waals surface area contributed by atoms with Crippen LogP contribution >= 0.6 is 0 Å². The molecule has 0 aliphatic carbocycles. The molecule has 2 rings (SSSR count). The van der Waals surface area contributed by atoms with Gasteiger partial charge in [-0.2, -0.15) is 5.26 Å². The number of hydrogen-bond donors (Lipinski definition) is 1. The van der Waals surface area contributed by atoms with Gasteiger partial charge in [0.2, 0.25) is 0 Å². The van der Waals surface area contributed by atoms with Crippen LogP contribution in [0.2, 0.25) is 0 Å². The van der Waals surface area contributed by atoms with E-state index in [1.165, 1.54) is 6.92 Å². The second-order valence-corrected chi connectivity index (χ2v) is 5.87. The third kappa shape index (κ3) is 5.35. The summed E-state index contributed by atoms with van der Waals surface area (Å²) in [6.07, 6.45) is -0.878. The van der Waals surface area contributed by atoms with E-state index in [-0.39, 0.29) is 0 Å². The smallest absolute Gasteiger partial charge is 0.347 e. The van der Waals surface area contributed by atoms with Crippen molar-refractivity contribution in [2.24, 2.45) is 0 Å². The Morgan fingerprint density at radius 1 is 1.15 bits per heavy atom. The molecule has 2 aromatic carbocycles. The predicted molar refractivity (Wildman–Crippen MR) is 96.8 cm³/mol. The van der Waals surface area contributed by atoms with E-state index >= 15 is 0 Å². The molecule has 0 aromatic heterocycles. The molecule has 0 saturated heterocycles. The maximum absolute atomic E-state index is 12.0. The third-order valence-corrected chi connectivity index (χ3v) is 3.63. The van der Waals surface area contributed by atoms with Gasteiger partial charge in [0.05, 0.1) is 11.6 Å². The molecule has 0 aliphatic rings. The van der Waals surface area contributed by atoms with Crippen molar-refractivity contribution in [3.63, 3.8) is 0 Å². The Balaban J connectivity index is 1.82. The topological polar surface area (TPSA) is 88.4 Å². The lowest BCUT2D eigenvalue weighted by Crippen LogP contribution is -2.29. The molecule has 0 fully saturated rings. The molecule has 0 spiro atoms. The van der Waals surface area contributed by atoms with Gasteiger partial charge in [0.25, 0.3) is 5.91 Å². The van der Waals surface area contributed by atoms with Gasteiger partial charge >= 0.3 is 5.97 Å². The summed E-state index contributed by atoms with van der Waals surface area (Å²) in [4.78, 5) is 23.9. The van der Waals surface area contributed by atoms with Crippen molar-refractivity contribution >= 4 is 17.6 Å². The lowest BCUT2D eigenvalue weighted by molar-refractivity contribution is -0.153. The first kappa shape index (κ1) is 19.0. The molecular weight excluding hydrogens is 332 g/mol. The second kappa shape index (κ2) is 8.67. The van der Waals surface area contributed by atoms with E-state index in [0.29, 0.717) is 17.0 Å². The molecule has 6 nitrogen and oxygen atoms in total. The average molecular weight is 352 g/mol. The molecule has 1 N–H and O–H groups in total. The summed E-state index contributed by atoms with van der Waals surface area (Å²) in [7, 11) is 0. The van der Waals surface area contributed by atoms with Crippen LogP contribution in [0.5, 0.6) is 5.75 Å². The van der Waals surface area contributed by atoms with Gasteiger partial charge in [-0.25, -0.2) is 4.79 Å². The van der Waals surface area contributed by atoms with Gasteiger partial charge in [0.1, 0.15) is 5.75 Å². The van der Waals surface area contributed by atoms with Crippen molar-refractivity contribution < 1.29 is 19.1 Å². The molecular formula is C20H20N2O4. The second-order valence-electron chi connectivity index (χ2n) is 5.87. The monoisotopic (exact) mass is 352 g/mol. The van der Waals surface area contributed by atoms with Crippen molar-refractivity contribution in [3.05, 3.63) is 59.2 Å². The van der Waals surface area contributed by atoms with Crippen molar-refractivity contribution in [2.75, 3.05) is 11.9 Å². The lowest BCUT2D eigenvalue weighted by atomic mass is 10.1. The van der Waals surface area contributed by atoms with Crippen LogP contribution in [0.15, 0.2) is 42.5 Å². The standard InChI is InChI=1S/C20H20N2O4/c1-13-4-9-18(14(2)10-13)22-19(23)12-25-20(24)15(3)26-17-7-5-16(11-21)6-8-17/h4-10,15H,12H2,1-3H3,(H,22,23)/t15-/m1/s1. The molecule has 0 aliphatic heterocycles. The number of esters is 1. The minimum Gasteiger partial charge on any atom is -0.479 e. The van der Waals surface area contributed by atoms with Gasteiger partial charge < -0.3 is 14.8 Å². The minimum absolute atomic E-state index is 0.396. The first-order chi connectivity index (χ1) is 12.4. The first-order valence-electron chi connectivity index (χ1n) is 8.09. The molecule has 0 saturated carbocycles. The number of benzene rings is 2. The number of rotatable bonds is 6. The normalized spacial score (nSPS) is 11.2. The molecule has 6 heteroatoms. The van der Waals surface area contributed by atoms with Gasteiger partial charge in [0.15, 0.2) is 12.7 Å². The van der Waals surface area contributed by atoms with Crippen LogP contribution in [0.4, 0.5) is 5.69 Å². The molecule has 0 bridgehead atoms. The largest absolute Gasteiger partial charge is 0.479 e. The predicted octanol–water partition coefficient (Wildman–Crippen LogP) is 3.12. The Hall–Kier alpha value is -3.33. The Morgan fingerprint density at radius 3 is 2.46 bits per heavy atom. The van der Waals surface area contributed by atoms with Crippen LogP contribution in [-0.2, 0) is 14.3 Å². The van der Waals surface area contributed by atoms with E-state index in [1.54, 1.807) is 30.3 Å². The number of nitrogens with one attached hydrogen (secondary N) is 1. The van der Waals surface area contributed by atoms with Crippen LogP contribution in [0.25, 0.3) is 0 Å². The van der Waals surface area contributed by atoms with Gasteiger partial charge in [-0.1, -0.05) is 17.7 Å². The molecule has 1 amide bonds. The van der Waals surface area contributed by atoms with Crippen molar-refractivity contribution in [1.29, 1.82) is 5.26 Å². The molecule has 26 heavy (non-hydrogen) atoms. The summed E-state index contributed by atoms with van der Waals surface area (Å²) in [6.45, 7) is 4.99. The van der Waals surface area contributed by atoms with Crippen molar-refractivity contribution in [2.45, 2.75) is 26.9 Å². The fourth-order valence-corrected chi connectivity index (χ4v) is 2.25. The summed E-state index contributed by atoms with van der Waals surface area (Å²) >= 11 is 0. The molecule has 1 atom stereocenters. The zero-order valence-electron chi connectivity index (χ0n) is 14.9. The number of aryl methyl sites for hydroxylation is 2. The summed E-state index contributed by atoms with van der Waals surface area (Å²) < 4.78 is 10.4. The van der Waals surface area contributed by atoms with Gasteiger partial charge in [-0.15, -0.1) is 0 Å². The number of hydrogen-bond acceptors (Lipinski definition) is 5. The number of anilines is 1. The Bertz CT molecular complexity index is 838. The van der Waals surface area contributed by atoms with Crippen LogP contribution in [0.1, 0.15) is 23.6 Å². The summed E-state index contributed by atoms with van der Waals surface area (Å²) in [5.74, 6) is -0.630. The maximum atomic E-state index is 12.0. The Labute approximate surface area is 152 Å². The fraction of sp³-hybridized carbons (Fsp3) is 0.250. The van der Waals surface area contributed by atoms with E-state index in [2.05, 4.69) is 5.32 Å². The SMILES string of the molecule is Cc1ccc(NC(=O)COC(=O)[C@@H](C)Oc2ccc(C#N)cc2)c(C)c1. The number of carbonyl (C=O) groups excluding carboxylic acids is 2. The zero-order chi connectivity index (χ0) is 19.1. The number of amides is 1. The van der Waals surface area contributed by atoms with Gasteiger partial charge in [-0.3, -0.25) is 4.79 Å². The number of nitriles is 1. The molecule has 0 unspecified atom stereocenters. The average Bonchev–Trinajstić information content (AvgIpc) is 2.62.